The number of rotatable bonds is 6. The Morgan fingerprint density at radius 3 is 1.67 bits per heavy atom. The second kappa shape index (κ2) is 12.1. The molecular formula is C47H32BrN. The van der Waals surface area contributed by atoms with Crippen LogP contribution >= 0.6 is 15.9 Å². The van der Waals surface area contributed by atoms with E-state index in [4.69, 9.17) is 0 Å². The molecule has 2 heteroatoms. The molecule has 0 aliphatic heterocycles. The van der Waals surface area contributed by atoms with Crippen LogP contribution in [-0.2, 0) is 5.41 Å². The number of anilines is 3. The third-order valence-electron chi connectivity index (χ3n) is 10.0. The molecule has 0 heterocycles. The highest BCUT2D eigenvalue weighted by atomic mass is 79.9. The van der Waals surface area contributed by atoms with Crippen molar-refractivity contribution >= 4 is 43.8 Å². The summed E-state index contributed by atoms with van der Waals surface area (Å²) in [7, 11) is 0. The van der Waals surface area contributed by atoms with Crippen LogP contribution in [0.1, 0.15) is 22.3 Å². The van der Waals surface area contributed by atoms with Crippen LogP contribution in [0.3, 0.4) is 0 Å². The van der Waals surface area contributed by atoms with E-state index in [0.717, 1.165) is 21.5 Å². The fourth-order valence-electron chi connectivity index (χ4n) is 7.85. The molecule has 232 valence electrons. The van der Waals surface area contributed by atoms with Crippen molar-refractivity contribution in [3.8, 4) is 22.3 Å². The van der Waals surface area contributed by atoms with E-state index in [1.807, 2.05) is 0 Å². The van der Waals surface area contributed by atoms with Crippen LogP contribution in [0.4, 0.5) is 17.1 Å². The minimum atomic E-state index is -0.472. The predicted octanol–water partition coefficient (Wildman–Crippen LogP) is 13.1. The molecule has 0 radical (unpaired) electrons. The normalized spacial score (nSPS) is 12.8. The van der Waals surface area contributed by atoms with Gasteiger partial charge in [-0.25, -0.2) is 0 Å². The van der Waals surface area contributed by atoms with E-state index in [2.05, 4.69) is 215 Å². The monoisotopic (exact) mass is 689 g/mol. The van der Waals surface area contributed by atoms with Gasteiger partial charge in [-0.3, -0.25) is 0 Å². The van der Waals surface area contributed by atoms with Crippen molar-refractivity contribution in [3.05, 3.63) is 221 Å². The van der Waals surface area contributed by atoms with E-state index in [9.17, 15) is 0 Å². The van der Waals surface area contributed by atoms with Crippen LogP contribution in [0.25, 0.3) is 33.0 Å². The predicted molar refractivity (Wildman–Crippen MR) is 209 cm³/mol. The summed E-state index contributed by atoms with van der Waals surface area (Å²) in [5.74, 6) is 0. The molecule has 0 atom stereocenters. The highest BCUT2D eigenvalue weighted by Gasteiger charge is 2.46. The van der Waals surface area contributed by atoms with Gasteiger partial charge in [0.25, 0.3) is 0 Å². The maximum absolute atomic E-state index is 3.58. The Morgan fingerprint density at radius 1 is 0.408 bits per heavy atom. The molecule has 0 unspecified atom stereocenters. The Kier molecular flexibility index (Phi) is 7.25. The lowest BCUT2D eigenvalue weighted by molar-refractivity contribution is 0.768. The van der Waals surface area contributed by atoms with Crippen molar-refractivity contribution in [2.75, 3.05) is 4.90 Å². The quantitative estimate of drug-likeness (QED) is 0.168. The second-order valence-corrected chi connectivity index (χ2v) is 13.6. The van der Waals surface area contributed by atoms with Gasteiger partial charge >= 0.3 is 0 Å². The summed E-state index contributed by atoms with van der Waals surface area (Å²) in [5, 5.41) is 2.43. The van der Waals surface area contributed by atoms with E-state index >= 15 is 0 Å². The third kappa shape index (κ3) is 4.83. The van der Waals surface area contributed by atoms with E-state index in [1.165, 1.54) is 55.3 Å². The molecule has 9 rings (SSSR count). The zero-order valence-electron chi connectivity index (χ0n) is 26.8. The van der Waals surface area contributed by atoms with Gasteiger partial charge in [0.15, 0.2) is 0 Å². The molecule has 0 aromatic heterocycles. The van der Waals surface area contributed by atoms with Crippen LogP contribution in [0.15, 0.2) is 199 Å². The molecule has 0 spiro atoms. The molecule has 8 aromatic rings. The van der Waals surface area contributed by atoms with Crippen molar-refractivity contribution in [1.82, 2.24) is 0 Å². The number of benzene rings is 8. The molecule has 0 N–H and O–H groups in total. The first-order valence-electron chi connectivity index (χ1n) is 16.7. The van der Waals surface area contributed by atoms with Crippen LogP contribution in [0.2, 0.25) is 0 Å². The maximum Gasteiger partial charge on any atom is 0.0714 e. The molecule has 0 bridgehead atoms. The first-order chi connectivity index (χ1) is 24.2. The average Bonchev–Trinajstić information content (AvgIpc) is 3.47. The summed E-state index contributed by atoms with van der Waals surface area (Å²) in [6.07, 6.45) is 0. The topological polar surface area (TPSA) is 3.24 Å². The summed E-state index contributed by atoms with van der Waals surface area (Å²) in [6, 6.07) is 70.8. The Labute approximate surface area is 295 Å². The average molecular weight is 691 g/mol. The minimum absolute atomic E-state index is 0.472. The zero-order chi connectivity index (χ0) is 32.8. The van der Waals surface area contributed by atoms with Gasteiger partial charge in [0.2, 0.25) is 0 Å². The molecule has 49 heavy (non-hydrogen) atoms. The highest BCUT2D eigenvalue weighted by Crippen LogP contribution is 2.57. The van der Waals surface area contributed by atoms with Crippen LogP contribution < -0.4 is 4.90 Å². The molecular weight excluding hydrogens is 658 g/mol. The van der Waals surface area contributed by atoms with Crippen LogP contribution in [0.5, 0.6) is 0 Å². The van der Waals surface area contributed by atoms with Crippen LogP contribution in [-0.4, -0.2) is 0 Å². The summed E-state index contributed by atoms with van der Waals surface area (Å²) < 4.78 is 1.08. The van der Waals surface area contributed by atoms with Crippen LogP contribution in [0, 0.1) is 0 Å². The summed E-state index contributed by atoms with van der Waals surface area (Å²) in [4.78, 5) is 2.43. The molecule has 1 nitrogen and oxygen atoms in total. The third-order valence-corrected chi connectivity index (χ3v) is 10.5. The number of hydrogen-bond donors (Lipinski definition) is 0. The fraction of sp³-hybridized carbons (Fsp3) is 0.0213. The second-order valence-electron chi connectivity index (χ2n) is 12.6. The minimum Gasteiger partial charge on any atom is -0.310 e. The molecule has 0 amide bonds. The lowest BCUT2D eigenvalue weighted by Gasteiger charge is -2.35. The Bertz CT molecular complexity index is 2390. The standard InChI is InChI=1S/C47H32BrN/c48-38-26-22-33(23-27-38)34-24-28-39(29-25-34)49(46-21-11-13-35-12-7-8-18-41(35)46)40-30-31-43-42-19-9-10-20-44(42)47(45(43)32-40,36-14-3-1-4-15-36)37-16-5-2-6-17-37/h1-32H. The maximum atomic E-state index is 3.58. The summed E-state index contributed by atoms with van der Waals surface area (Å²) in [6.45, 7) is 0. The lowest BCUT2D eigenvalue weighted by atomic mass is 9.67. The van der Waals surface area contributed by atoms with E-state index in [1.54, 1.807) is 0 Å². The van der Waals surface area contributed by atoms with E-state index in [-0.39, 0.29) is 0 Å². The number of hydrogen-bond acceptors (Lipinski definition) is 1. The van der Waals surface area contributed by atoms with Gasteiger partial charge < -0.3 is 4.90 Å². The lowest BCUT2D eigenvalue weighted by Crippen LogP contribution is -2.28. The number of halogens is 1. The SMILES string of the molecule is Brc1ccc(-c2ccc(N(c3ccc4c(c3)C(c3ccccc3)(c3ccccc3)c3ccccc3-4)c3cccc4ccccc34)cc2)cc1. The molecule has 0 saturated carbocycles. The molecule has 0 saturated heterocycles. The number of nitrogens with zero attached hydrogens (tertiary/aromatic N) is 1. The van der Waals surface area contributed by atoms with Gasteiger partial charge in [0.1, 0.15) is 0 Å². The van der Waals surface area contributed by atoms with Gasteiger partial charge in [-0.15, -0.1) is 0 Å². The zero-order valence-corrected chi connectivity index (χ0v) is 28.4. The molecule has 0 fully saturated rings. The van der Waals surface area contributed by atoms with E-state index < -0.39 is 5.41 Å². The highest BCUT2D eigenvalue weighted by molar-refractivity contribution is 9.10. The van der Waals surface area contributed by atoms with Crippen molar-refractivity contribution in [3.63, 3.8) is 0 Å². The molecule has 8 aromatic carbocycles. The first-order valence-corrected chi connectivity index (χ1v) is 17.5. The van der Waals surface area contributed by atoms with Gasteiger partial charge in [0, 0.05) is 21.2 Å². The van der Waals surface area contributed by atoms with Crippen molar-refractivity contribution in [2.45, 2.75) is 5.41 Å². The fourth-order valence-corrected chi connectivity index (χ4v) is 8.11. The first kappa shape index (κ1) is 29.4. The van der Waals surface area contributed by atoms with Crippen molar-refractivity contribution < 1.29 is 0 Å². The largest absolute Gasteiger partial charge is 0.310 e. The number of fused-ring (bicyclic) bond motifs is 4. The Morgan fingerprint density at radius 2 is 0.959 bits per heavy atom. The van der Waals surface area contributed by atoms with Gasteiger partial charge in [-0.05, 0) is 92.4 Å². The van der Waals surface area contributed by atoms with Gasteiger partial charge in [-0.1, -0.05) is 168 Å². The molecule has 1 aliphatic rings. The van der Waals surface area contributed by atoms with Gasteiger partial charge in [-0.2, -0.15) is 0 Å². The van der Waals surface area contributed by atoms with Crippen molar-refractivity contribution in [1.29, 1.82) is 0 Å². The Balaban J connectivity index is 1.30. The smallest absolute Gasteiger partial charge is 0.0714 e. The van der Waals surface area contributed by atoms with Gasteiger partial charge in [0.05, 0.1) is 11.1 Å². The summed E-state index contributed by atoms with van der Waals surface area (Å²) >= 11 is 3.58. The summed E-state index contributed by atoms with van der Waals surface area (Å²) in [5.41, 5.74) is 13.0. The van der Waals surface area contributed by atoms with E-state index in [0.29, 0.717) is 0 Å². The molecule has 1 aliphatic carbocycles. The Hall–Kier alpha value is -5.70. The van der Waals surface area contributed by atoms with Crippen molar-refractivity contribution in [2.24, 2.45) is 0 Å².